The third kappa shape index (κ3) is 2.75. The van der Waals surface area contributed by atoms with E-state index < -0.39 is 0 Å². The zero-order chi connectivity index (χ0) is 11.5. The quantitative estimate of drug-likeness (QED) is 0.854. The van der Waals surface area contributed by atoms with Gasteiger partial charge in [-0.25, -0.2) is 0 Å². The molecule has 17 heavy (non-hydrogen) atoms. The largest absolute Gasteiger partial charge is 0.472 e. The molecule has 0 radical (unpaired) electrons. The maximum absolute atomic E-state index is 12.1. The molecule has 1 atom stereocenters. The molecule has 0 aliphatic rings. The molecule has 0 bridgehead atoms. The number of halogens is 1. The van der Waals surface area contributed by atoms with E-state index in [4.69, 9.17) is 10.2 Å². The number of benzene rings is 1. The second-order valence-corrected chi connectivity index (χ2v) is 3.72. The van der Waals surface area contributed by atoms with Gasteiger partial charge in [0.05, 0.1) is 11.8 Å². The van der Waals surface area contributed by atoms with Crippen molar-refractivity contribution in [2.45, 2.75) is 13.0 Å². The fourth-order valence-corrected chi connectivity index (χ4v) is 1.65. The molecule has 1 heterocycles. The van der Waals surface area contributed by atoms with Crippen molar-refractivity contribution >= 4 is 18.2 Å². The van der Waals surface area contributed by atoms with Crippen LogP contribution in [0.25, 0.3) is 0 Å². The lowest BCUT2D eigenvalue weighted by Crippen LogP contribution is -2.12. The monoisotopic (exact) mass is 251 g/mol. The minimum Gasteiger partial charge on any atom is -0.472 e. The summed E-state index contributed by atoms with van der Waals surface area (Å²) in [5.74, 6) is -0.0540. The summed E-state index contributed by atoms with van der Waals surface area (Å²) in [6.07, 6.45) is 2.93. The molecule has 0 aliphatic heterocycles. The number of carbonyl (C=O) groups excluding carboxylic acids is 1. The van der Waals surface area contributed by atoms with E-state index in [1.807, 2.05) is 25.1 Å². The number of hydrogen-bond donors (Lipinski definition) is 1. The van der Waals surface area contributed by atoms with E-state index in [0.717, 1.165) is 5.56 Å². The maximum atomic E-state index is 12.1. The van der Waals surface area contributed by atoms with Crippen LogP contribution in [-0.4, -0.2) is 5.78 Å². The van der Waals surface area contributed by atoms with E-state index in [1.54, 1.807) is 12.1 Å². The van der Waals surface area contributed by atoms with Crippen LogP contribution in [0.15, 0.2) is 47.3 Å². The molecular formula is C13H14ClNO2. The number of carbonyl (C=O) groups is 1. The van der Waals surface area contributed by atoms with Gasteiger partial charge >= 0.3 is 0 Å². The van der Waals surface area contributed by atoms with Crippen LogP contribution >= 0.6 is 12.4 Å². The molecule has 2 N–H and O–H groups in total. The molecule has 2 rings (SSSR count). The normalized spacial score (nSPS) is 11.6. The standard InChI is InChI=1S/C13H13NO2.ClH/c1-9(14)11-4-2-3-5-12(11)13(15)10-6-7-16-8-10;/h2-9H,14H2,1H3;1H/t9-;/m1./s1. The summed E-state index contributed by atoms with van der Waals surface area (Å²) in [5, 5.41) is 0. The molecule has 1 aromatic carbocycles. The number of ketones is 1. The van der Waals surface area contributed by atoms with Crippen LogP contribution in [-0.2, 0) is 0 Å². The van der Waals surface area contributed by atoms with Gasteiger partial charge in [0, 0.05) is 11.6 Å². The molecule has 0 saturated carbocycles. The maximum Gasteiger partial charge on any atom is 0.196 e. The van der Waals surface area contributed by atoms with E-state index in [2.05, 4.69) is 0 Å². The summed E-state index contributed by atoms with van der Waals surface area (Å²) in [6.45, 7) is 1.86. The van der Waals surface area contributed by atoms with Gasteiger partial charge in [-0.05, 0) is 18.6 Å². The molecule has 0 unspecified atom stereocenters. The second kappa shape index (κ2) is 5.66. The first kappa shape index (κ1) is 13.5. The summed E-state index contributed by atoms with van der Waals surface area (Å²) >= 11 is 0. The Kier molecular flexibility index (Phi) is 4.49. The first-order chi connectivity index (χ1) is 7.70. The minimum atomic E-state index is -0.160. The zero-order valence-corrected chi connectivity index (χ0v) is 10.2. The lowest BCUT2D eigenvalue weighted by molar-refractivity contribution is 0.103. The molecule has 1 aromatic heterocycles. The van der Waals surface area contributed by atoms with Crippen LogP contribution in [0.3, 0.4) is 0 Å². The van der Waals surface area contributed by atoms with Crippen LogP contribution in [0.4, 0.5) is 0 Å². The Bertz CT molecular complexity index is 492. The smallest absolute Gasteiger partial charge is 0.196 e. The van der Waals surface area contributed by atoms with Gasteiger partial charge < -0.3 is 10.2 Å². The summed E-state index contributed by atoms with van der Waals surface area (Å²) in [5.41, 5.74) is 7.87. The predicted molar refractivity (Wildman–Crippen MR) is 68.4 cm³/mol. The Morgan fingerprint density at radius 1 is 1.29 bits per heavy atom. The fraction of sp³-hybridized carbons (Fsp3) is 0.154. The van der Waals surface area contributed by atoms with Crippen LogP contribution in [0.1, 0.15) is 34.5 Å². The topological polar surface area (TPSA) is 56.2 Å². The number of hydrogen-bond acceptors (Lipinski definition) is 3. The molecule has 0 aliphatic carbocycles. The molecule has 2 aromatic rings. The van der Waals surface area contributed by atoms with Crippen LogP contribution in [0.5, 0.6) is 0 Å². The summed E-state index contributed by atoms with van der Waals surface area (Å²) in [7, 11) is 0. The first-order valence-corrected chi connectivity index (χ1v) is 5.11. The number of furan rings is 1. The average molecular weight is 252 g/mol. The van der Waals surface area contributed by atoms with Crippen molar-refractivity contribution in [2.24, 2.45) is 5.73 Å². The van der Waals surface area contributed by atoms with Crippen molar-refractivity contribution in [2.75, 3.05) is 0 Å². The van der Waals surface area contributed by atoms with Gasteiger partial charge in [0.1, 0.15) is 6.26 Å². The average Bonchev–Trinajstić information content (AvgIpc) is 2.81. The van der Waals surface area contributed by atoms with E-state index >= 15 is 0 Å². The van der Waals surface area contributed by atoms with Crippen molar-refractivity contribution in [3.05, 3.63) is 59.5 Å². The summed E-state index contributed by atoms with van der Waals surface area (Å²) in [4.78, 5) is 12.1. The molecule has 0 saturated heterocycles. The summed E-state index contributed by atoms with van der Waals surface area (Å²) in [6, 6.07) is 8.86. The SMILES string of the molecule is C[C@@H](N)c1ccccc1C(=O)c1ccoc1.Cl. The molecule has 0 amide bonds. The van der Waals surface area contributed by atoms with Crippen molar-refractivity contribution < 1.29 is 9.21 Å². The molecule has 4 heteroatoms. The number of nitrogens with two attached hydrogens (primary N) is 1. The van der Waals surface area contributed by atoms with Gasteiger partial charge in [-0.3, -0.25) is 4.79 Å². The first-order valence-electron chi connectivity index (χ1n) is 5.11. The highest BCUT2D eigenvalue weighted by Gasteiger charge is 2.15. The van der Waals surface area contributed by atoms with Crippen molar-refractivity contribution in [3.63, 3.8) is 0 Å². The van der Waals surface area contributed by atoms with E-state index in [-0.39, 0.29) is 24.2 Å². The highest BCUT2D eigenvalue weighted by Crippen LogP contribution is 2.19. The van der Waals surface area contributed by atoms with Gasteiger partial charge in [-0.1, -0.05) is 24.3 Å². The Labute approximate surface area is 106 Å². The number of rotatable bonds is 3. The fourth-order valence-electron chi connectivity index (χ4n) is 1.65. The molecule has 3 nitrogen and oxygen atoms in total. The lowest BCUT2D eigenvalue weighted by Gasteiger charge is -2.10. The van der Waals surface area contributed by atoms with E-state index in [0.29, 0.717) is 11.1 Å². The third-order valence-corrected chi connectivity index (χ3v) is 2.48. The minimum absolute atomic E-state index is 0. The van der Waals surface area contributed by atoms with Gasteiger partial charge in [0.25, 0.3) is 0 Å². The van der Waals surface area contributed by atoms with Crippen molar-refractivity contribution in [3.8, 4) is 0 Å². The van der Waals surface area contributed by atoms with Crippen LogP contribution in [0, 0.1) is 0 Å². The molecule has 90 valence electrons. The Hall–Kier alpha value is -1.58. The second-order valence-electron chi connectivity index (χ2n) is 3.72. The Morgan fingerprint density at radius 2 is 2.00 bits per heavy atom. The third-order valence-electron chi connectivity index (χ3n) is 2.48. The van der Waals surface area contributed by atoms with Crippen LogP contribution in [0.2, 0.25) is 0 Å². The van der Waals surface area contributed by atoms with E-state index in [1.165, 1.54) is 12.5 Å². The lowest BCUT2D eigenvalue weighted by atomic mass is 9.96. The molecule has 0 spiro atoms. The van der Waals surface area contributed by atoms with E-state index in [9.17, 15) is 4.79 Å². The van der Waals surface area contributed by atoms with Gasteiger partial charge in [-0.2, -0.15) is 0 Å². The zero-order valence-electron chi connectivity index (χ0n) is 9.42. The molecular weight excluding hydrogens is 238 g/mol. The highest BCUT2D eigenvalue weighted by atomic mass is 35.5. The summed E-state index contributed by atoms with van der Waals surface area (Å²) < 4.78 is 4.91. The van der Waals surface area contributed by atoms with Crippen molar-refractivity contribution in [1.29, 1.82) is 0 Å². The molecule has 0 fully saturated rings. The predicted octanol–water partition coefficient (Wildman–Crippen LogP) is 2.95. The van der Waals surface area contributed by atoms with Gasteiger partial charge in [-0.15, -0.1) is 12.4 Å². The van der Waals surface area contributed by atoms with Crippen LogP contribution < -0.4 is 5.73 Å². The highest BCUT2D eigenvalue weighted by molar-refractivity contribution is 6.09. The Morgan fingerprint density at radius 3 is 2.59 bits per heavy atom. The van der Waals surface area contributed by atoms with Gasteiger partial charge in [0.15, 0.2) is 5.78 Å². The van der Waals surface area contributed by atoms with Gasteiger partial charge in [0.2, 0.25) is 0 Å². The Balaban J connectivity index is 0.00000144. The van der Waals surface area contributed by atoms with Crippen molar-refractivity contribution in [1.82, 2.24) is 0 Å².